The van der Waals surface area contributed by atoms with E-state index in [0.29, 0.717) is 23.9 Å². The van der Waals surface area contributed by atoms with Crippen molar-refractivity contribution in [2.24, 2.45) is 0 Å². The van der Waals surface area contributed by atoms with Crippen LogP contribution in [0.3, 0.4) is 0 Å². The number of rotatable bonds is 79. The van der Waals surface area contributed by atoms with Gasteiger partial charge in [-0.25, -0.2) is 0 Å². The third-order valence-corrected chi connectivity index (χ3v) is 19.0. The van der Waals surface area contributed by atoms with Gasteiger partial charge in [-0.15, -0.1) is 0 Å². The predicted molar refractivity (Wildman–Crippen MR) is 417 cm³/mol. The quantitative estimate of drug-likeness (QED) is 0.0195. The largest absolute Gasteiger partial charge is 0.545 e. The number of aliphatic carboxylic acids is 1. The Hall–Kier alpha value is -3.27. The van der Waals surface area contributed by atoms with Crippen LogP contribution in [0.2, 0.25) is 0 Å². The minimum atomic E-state index is -1.62. The summed E-state index contributed by atoms with van der Waals surface area (Å²) in [7, 11) is 5.95. The second-order valence-corrected chi connectivity index (χ2v) is 29.8. The summed E-state index contributed by atoms with van der Waals surface area (Å²) in [5.41, 5.74) is 0. The average molecular weight is 1360 g/mol. The van der Waals surface area contributed by atoms with Crippen LogP contribution >= 0.6 is 0 Å². The van der Waals surface area contributed by atoms with Gasteiger partial charge in [-0.3, -0.25) is 9.59 Å². The van der Waals surface area contributed by atoms with E-state index < -0.39 is 24.3 Å². The van der Waals surface area contributed by atoms with Crippen LogP contribution in [0.1, 0.15) is 412 Å². The Morgan fingerprint density at radius 1 is 0.320 bits per heavy atom. The number of ether oxygens (including phenoxy) is 4. The first kappa shape index (κ1) is 93.7. The molecule has 0 aliphatic heterocycles. The lowest BCUT2D eigenvalue weighted by atomic mass is 10.0. The first-order chi connectivity index (χ1) is 47.6. The standard InChI is InChI=1S/C88H161NO8/c1-6-8-10-12-14-16-18-20-22-24-26-28-30-32-34-36-38-40-42-43-45-46-48-50-52-54-56-58-60-62-64-66-68-70-72-74-76-78-85(90)95-82-84(83-96-88(87(92)93)94-81-80-89(3,4)5)97-86(91)79-77-75-73-71-69-67-65-63-61-59-57-55-53-51-49-47-44-41-39-37-35-33-31-29-27-25-23-21-19-17-15-13-11-9-7-2/h9,11,15,17,21,23,27,29,33,35,39,41,84,88H,6-8,10,12-14,16,18-20,22,24-26,28,30-32,34,36-38,40,42-83H2,1-5H3/b11-9-,17-15-,23-21-,29-27-,35-33-,41-39-. The van der Waals surface area contributed by atoms with E-state index in [1.54, 1.807) is 0 Å². The number of hydrogen-bond acceptors (Lipinski definition) is 8. The lowest BCUT2D eigenvalue weighted by Crippen LogP contribution is -2.44. The molecule has 566 valence electrons. The van der Waals surface area contributed by atoms with Crippen molar-refractivity contribution in [3.8, 4) is 0 Å². The van der Waals surface area contributed by atoms with Crippen molar-refractivity contribution in [3.05, 3.63) is 72.9 Å². The number of carboxylic acid groups (broad SMARTS) is 1. The minimum absolute atomic E-state index is 0.149. The van der Waals surface area contributed by atoms with Crippen LogP contribution in [0.4, 0.5) is 0 Å². The summed E-state index contributed by atoms with van der Waals surface area (Å²) in [6.45, 7) is 4.70. The van der Waals surface area contributed by atoms with Crippen LogP contribution in [-0.4, -0.2) is 82.3 Å². The summed E-state index contributed by atoms with van der Waals surface area (Å²) in [5, 5.41) is 11.9. The molecule has 0 aromatic rings. The molecular formula is C88H161NO8. The lowest BCUT2D eigenvalue weighted by molar-refractivity contribution is -0.870. The number of carboxylic acids is 1. The van der Waals surface area contributed by atoms with Crippen molar-refractivity contribution in [1.82, 2.24) is 0 Å². The van der Waals surface area contributed by atoms with E-state index in [1.807, 2.05) is 21.1 Å². The molecule has 0 aromatic heterocycles. The fourth-order valence-electron chi connectivity index (χ4n) is 12.6. The van der Waals surface area contributed by atoms with Crippen molar-refractivity contribution < 1.29 is 42.9 Å². The Labute approximate surface area is 602 Å². The first-order valence-electron chi connectivity index (χ1n) is 42.1. The zero-order valence-corrected chi connectivity index (χ0v) is 65.0. The fourth-order valence-corrected chi connectivity index (χ4v) is 12.6. The van der Waals surface area contributed by atoms with Crippen LogP contribution in [0, 0.1) is 0 Å². The predicted octanol–water partition coefficient (Wildman–Crippen LogP) is 25.8. The van der Waals surface area contributed by atoms with Crippen LogP contribution in [0.15, 0.2) is 72.9 Å². The fraction of sp³-hybridized carbons (Fsp3) is 0.830. The van der Waals surface area contributed by atoms with Gasteiger partial charge in [0.15, 0.2) is 12.4 Å². The Bertz CT molecular complexity index is 1830. The van der Waals surface area contributed by atoms with E-state index in [-0.39, 0.29) is 32.2 Å². The van der Waals surface area contributed by atoms with Gasteiger partial charge in [0.2, 0.25) is 0 Å². The number of carbonyl (C=O) groups excluding carboxylic acids is 3. The summed E-state index contributed by atoms with van der Waals surface area (Å²) >= 11 is 0. The number of quaternary nitrogens is 1. The Morgan fingerprint density at radius 3 is 0.876 bits per heavy atom. The Morgan fingerprint density at radius 2 is 0.588 bits per heavy atom. The van der Waals surface area contributed by atoms with Crippen LogP contribution in [0.25, 0.3) is 0 Å². The number of carbonyl (C=O) groups is 3. The second-order valence-electron chi connectivity index (χ2n) is 29.8. The van der Waals surface area contributed by atoms with Gasteiger partial charge in [-0.05, 0) is 64.2 Å². The molecule has 0 rings (SSSR count). The van der Waals surface area contributed by atoms with E-state index in [1.165, 1.54) is 308 Å². The number of hydrogen-bond donors (Lipinski definition) is 0. The first-order valence-corrected chi connectivity index (χ1v) is 42.1. The van der Waals surface area contributed by atoms with Crippen molar-refractivity contribution in [3.63, 3.8) is 0 Å². The van der Waals surface area contributed by atoms with Gasteiger partial charge in [0.25, 0.3) is 0 Å². The highest BCUT2D eigenvalue weighted by Gasteiger charge is 2.22. The maximum atomic E-state index is 13.0. The Balaban J connectivity index is 3.96. The van der Waals surface area contributed by atoms with Crippen molar-refractivity contribution >= 4 is 17.9 Å². The molecule has 0 spiro atoms. The van der Waals surface area contributed by atoms with E-state index in [0.717, 1.165) is 70.6 Å². The molecule has 2 unspecified atom stereocenters. The second kappa shape index (κ2) is 78.4. The number of allylic oxidation sites excluding steroid dienone is 12. The van der Waals surface area contributed by atoms with Crippen molar-refractivity contribution in [2.45, 2.75) is 424 Å². The molecule has 0 N–H and O–H groups in total. The molecule has 0 aromatic carbocycles. The molecule has 9 nitrogen and oxygen atoms in total. The number of nitrogens with zero attached hydrogens (tertiary/aromatic N) is 1. The van der Waals surface area contributed by atoms with Gasteiger partial charge in [0, 0.05) is 12.8 Å². The van der Waals surface area contributed by atoms with Gasteiger partial charge in [0.05, 0.1) is 40.3 Å². The minimum Gasteiger partial charge on any atom is -0.545 e. The van der Waals surface area contributed by atoms with Gasteiger partial charge < -0.3 is 33.3 Å². The monoisotopic (exact) mass is 1360 g/mol. The van der Waals surface area contributed by atoms with E-state index in [4.69, 9.17) is 18.9 Å². The van der Waals surface area contributed by atoms with Crippen LogP contribution < -0.4 is 5.11 Å². The molecule has 0 radical (unpaired) electrons. The Kier molecular flexibility index (Phi) is 75.8. The third-order valence-electron chi connectivity index (χ3n) is 19.0. The van der Waals surface area contributed by atoms with E-state index >= 15 is 0 Å². The van der Waals surface area contributed by atoms with Crippen LogP contribution in [-0.2, 0) is 33.3 Å². The smallest absolute Gasteiger partial charge is 0.306 e. The van der Waals surface area contributed by atoms with E-state index in [2.05, 4.69) is 86.8 Å². The molecule has 0 fully saturated rings. The molecule has 0 bridgehead atoms. The summed E-state index contributed by atoms with van der Waals surface area (Å²) in [6.07, 6.45) is 103. The lowest BCUT2D eigenvalue weighted by Gasteiger charge is -2.26. The highest BCUT2D eigenvalue weighted by molar-refractivity contribution is 5.70. The number of likely N-dealkylation sites (N-methyl/N-ethyl adjacent to an activating group) is 1. The molecule has 0 aliphatic rings. The third kappa shape index (κ3) is 79.9. The summed E-state index contributed by atoms with van der Waals surface area (Å²) in [5.74, 6) is -2.26. The SMILES string of the molecule is CC/C=C\C/C=C\C/C=C\C/C=C\C/C=C\C/C=C\CCCCCCCCCCCCCCCCCCC(=O)OC(COC(=O)CCCCCCCCCCCCCCCCCCCCCCCCCCCCCCCCCCCCCCC)COC(OCC[N+](C)(C)C)C(=O)[O-]. The zero-order valence-electron chi connectivity index (χ0n) is 65.0. The zero-order chi connectivity index (χ0) is 70.4. The van der Waals surface area contributed by atoms with Gasteiger partial charge in [-0.1, -0.05) is 408 Å². The molecule has 2 atom stereocenters. The molecule has 97 heavy (non-hydrogen) atoms. The molecule has 0 amide bonds. The molecule has 9 heteroatoms. The summed E-state index contributed by atoms with van der Waals surface area (Å²) in [4.78, 5) is 37.6. The average Bonchev–Trinajstić information content (AvgIpc) is 3.74. The van der Waals surface area contributed by atoms with Gasteiger partial charge in [-0.2, -0.15) is 0 Å². The van der Waals surface area contributed by atoms with Gasteiger partial charge >= 0.3 is 11.9 Å². The maximum absolute atomic E-state index is 13.0. The van der Waals surface area contributed by atoms with Crippen molar-refractivity contribution in [1.29, 1.82) is 0 Å². The van der Waals surface area contributed by atoms with Crippen molar-refractivity contribution in [2.75, 3.05) is 47.5 Å². The van der Waals surface area contributed by atoms with Crippen LogP contribution in [0.5, 0.6) is 0 Å². The molecule has 0 heterocycles. The number of unbranched alkanes of at least 4 members (excludes halogenated alkanes) is 52. The summed E-state index contributed by atoms with van der Waals surface area (Å²) < 4.78 is 22.9. The topological polar surface area (TPSA) is 111 Å². The molecule has 0 saturated heterocycles. The molecule has 0 saturated carbocycles. The summed E-state index contributed by atoms with van der Waals surface area (Å²) in [6, 6.07) is 0. The molecule has 0 aliphatic carbocycles. The highest BCUT2D eigenvalue weighted by atomic mass is 16.7. The van der Waals surface area contributed by atoms with Gasteiger partial charge in [0.1, 0.15) is 13.2 Å². The maximum Gasteiger partial charge on any atom is 0.306 e. The van der Waals surface area contributed by atoms with E-state index in [9.17, 15) is 19.5 Å². The highest BCUT2D eigenvalue weighted by Crippen LogP contribution is 2.20. The number of esters is 2. The molecular weight excluding hydrogens is 1200 g/mol. The normalized spacial score (nSPS) is 13.0.